The van der Waals surface area contributed by atoms with E-state index in [9.17, 15) is 10.2 Å². The molecule has 3 heteroatoms. The summed E-state index contributed by atoms with van der Waals surface area (Å²) >= 11 is 0. The third-order valence-corrected chi connectivity index (χ3v) is 3.94. The van der Waals surface area contributed by atoms with E-state index in [4.69, 9.17) is 0 Å². The van der Waals surface area contributed by atoms with E-state index in [-0.39, 0.29) is 0 Å². The number of hydrogen-bond donors (Lipinski definition) is 2. The van der Waals surface area contributed by atoms with Gasteiger partial charge in [-0.05, 0) is 31.0 Å². The maximum absolute atomic E-state index is 10.1. The van der Waals surface area contributed by atoms with Gasteiger partial charge in [-0.2, -0.15) is 0 Å². The highest BCUT2D eigenvalue weighted by molar-refractivity contribution is 5.18. The molecule has 2 atom stereocenters. The number of benzene rings is 2. The molecule has 0 aliphatic heterocycles. The van der Waals surface area contributed by atoms with E-state index in [1.54, 1.807) is 0 Å². The van der Waals surface area contributed by atoms with Crippen LogP contribution in [0.5, 0.6) is 0 Å². The monoisotopic (exact) mass is 299 g/mol. The molecule has 118 valence electrons. The third kappa shape index (κ3) is 5.26. The van der Waals surface area contributed by atoms with Gasteiger partial charge in [0.25, 0.3) is 0 Å². The predicted molar refractivity (Wildman–Crippen MR) is 89.5 cm³/mol. The summed E-state index contributed by atoms with van der Waals surface area (Å²) in [5, 5.41) is 20.3. The highest BCUT2D eigenvalue weighted by Crippen LogP contribution is 2.18. The fraction of sp³-hybridized carbons (Fsp3) is 0.368. The highest BCUT2D eigenvalue weighted by Gasteiger charge is 2.11. The molecule has 0 saturated heterocycles. The Morgan fingerprint density at radius 3 is 1.45 bits per heavy atom. The van der Waals surface area contributed by atoms with Crippen LogP contribution in [0.15, 0.2) is 60.7 Å². The van der Waals surface area contributed by atoms with Crippen molar-refractivity contribution in [3.8, 4) is 0 Å². The van der Waals surface area contributed by atoms with Crippen molar-refractivity contribution < 1.29 is 10.2 Å². The standard InChI is InChI=1S/C19H25NO2/c1-20(14-12-18(21)16-8-4-2-5-9-16)15-13-19(22)17-10-6-3-7-11-17/h2-11,18-19,21-22H,12-15H2,1H3. The van der Waals surface area contributed by atoms with Gasteiger partial charge in [-0.1, -0.05) is 60.7 Å². The van der Waals surface area contributed by atoms with Crippen molar-refractivity contribution in [2.45, 2.75) is 25.0 Å². The molecule has 2 aromatic rings. The molecule has 22 heavy (non-hydrogen) atoms. The molecule has 0 aromatic heterocycles. The van der Waals surface area contributed by atoms with Gasteiger partial charge in [-0.15, -0.1) is 0 Å². The first-order valence-corrected chi connectivity index (χ1v) is 7.81. The summed E-state index contributed by atoms with van der Waals surface area (Å²) in [5.41, 5.74) is 1.92. The Balaban J connectivity index is 1.71. The zero-order valence-corrected chi connectivity index (χ0v) is 13.1. The Labute approximate surface area is 132 Å². The normalized spacial score (nSPS) is 14.0. The van der Waals surface area contributed by atoms with Crippen LogP contribution in [0, 0.1) is 0 Å². The summed E-state index contributed by atoms with van der Waals surface area (Å²) in [6.07, 6.45) is 0.537. The van der Waals surface area contributed by atoms with Crippen LogP contribution in [0.25, 0.3) is 0 Å². The number of rotatable bonds is 8. The predicted octanol–water partition coefficient (Wildman–Crippen LogP) is 3.17. The first-order chi connectivity index (χ1) is 10.7. The topological polar surface area (TPSA) is 43.7 Å². The average Bonchev–Trinajstić information content (AvgIpc) is 2.59. The van der Waals surface area contributed by atoms with Crippen molar-refractivity contribution in [2.75, 3.05) is 20.1 Å². The Hall–Kier alpha value is -1.68. The molecule has 2 unspecified atom stereocenters. The van der Waals surface area contributed by atoms with Crippen LogP contribution in [0.1, 0.15) is 36.2 Å². The molecular formula is C19H25NO2. The van der Waals surface area contributed by atoms with Gasteiger partial charge in [0.1, 0.15) is 0 Å². The second-order valence-electron chi connectivity index (χ2n) is 5.73. The minimum absolute atomic E-state index is 0.428. The number of nitrogens with zero attached hydrogens (tertiary/aromatic N) is 1. The average molecular weight is 299 g/mol. The molecular weight excluding hydrogens is 274 g/mol. The molecule has 2 rings (SSSR count). The van der Waals surface area contributed by atoms with Crippen molar-refractivity contribution in [3.05, 3.63) is 71.8 Å². The minimum Gasteiger partial charge on any atom is -0.388 e. The molecule has 0 heterocycles. The molecule has 0 aliphatic rings. The molecule has 0 bridgehead atoms. The largest absolute Gasteiger partial charge is 0.388 e. The van der Waals surface area contributed by atoms with Crippen molar-refractivity contribution in [3.63, 3.8) is 0 Å². The maximum atomic E-state index is 10.1. The molecule has 0 saturated carbocycles. The Morgan fingerprint density at radius 2 is 1.09 bits per heavy atom. The van der Waals surface area contributed by atoms with E-state index in [1.807, 2.05) is 67.7 Å². The molecule has 0 spiro atoms. The van der Waals surface area contributed by atoms with Gasteiger partial charge in [0.05, 0.1) is 12.2 Å². The number of aliphatic hydroxyl groups excluding tert-OH is 2. The van der Waals surface area contributed by atoms with E-state index in [0.717, 1.165) is 24.2 Å². The zero-order chi connectivity index (χ0) is 15.8. The number of aliphatic hydroxyl groups is 2. The molecule has 0 aliphatic carbocycles. The smallest absolute Gasteiger partial charge is 0.0802 e. The molecule has 3 nitrogen and oxygen atoms in total. The van der Waals surface area contributed by atoms with Crippen molar-refractivity contribution in [1.29, 1.82) is 0 Å². The number of hydrogen-bond acceptors (Lipinski definition) is 3. The molecule has 2 aromatic carbocycles. The van der Waals surface area contributed by atoms with Gasteiger partial charge in [0.15, 0.2) is 0 Å². The van der Waals surface area contributed by atoms with Crippen LogP contribution in [-0.4, -0.2) is 35.3 Å². The first-order valence-electron chi connectivity index (χ1n) is 7.81. The summed E-state index contributed by atoms with van der Waals surface area (Å²) in [4.78, 5) is 2.15. The van der Waals surface area contributed by atoms with Crippen LogP contribution < -0.4 is 0 Å². The van der Waals surface area contributed by atoms with Crippen LogP contribution in [0.3, 0.4) is 0 Å². The lowest BCUT2D eigenvalue weighted by Gasteiger charge is -2.20. The van der Waals surface area contributed by atoms with E-state index < -0.39 is 12.2 Å². The first kappa shape index (κ1) is 16.7. The van der Waals surface area contributed by atoms with Gasteiger partial charge in [0, 0.05) is 13.1 Å². The lowest BCUT2D eigenvalue weighted by molar-refractivity contribution is 0.129. The van der Waals surface area contributed by atoms with Crippen molar-refractivity contribution >= 4 is 0 Å². The lowest BCUT2D eigenvalue weighted by Crippen LogP contribution is -2.24. The van der Waals surface area contributed by atoms with Gasteiger partial charge in [0.2, 0.25) is 0 Å². The van der Waals surface area contributed by atoms with Crippen LogP contribution in [0.4, 0.5) is 0 Å². The SMILES string of the molecule is CN(CCC(O)c1ccccc1)CCC(O)c1ccccc1. The Kier molecular flexibility index (Phi) is 6.59. The van der Waals surface area contributed by atoms with Crippen LogP contribution >= 0.6 is 0 Å². The minimum atomic E-state index is -0.428. The van der Waals surface area contributed by atoms with Crippen LogP contribution in [-0.2, 0) is 0 Å². The second kappa shape index (κ2) is 8.69. The summed E-state index contributed by atoms with van der Waals surface area (Å²) in [6, 6.07) is 19.5. The van der Waals surface area contributed by atoms with Gasteiger partial charge >= 0.3 is 0 Å². The van der Waals surface area contributed by atoms with Crippen LogP contribution in [0.2, 0.25) is 0 Å². The van der Waals surface area contributed by atoms with E-state index in [1.165, 1.54) is 0 Å². The van der Waals surface area contributed by atoms with Crippen molar-refractivity contribution in [2.24, 2.45) is 0 Å². The quantitative estimate of drug-likeness (QED) is 0.787. The van der Waals surface area contributed by atoms with Gasteiger partial charge < -0.3 is 15.1 Å². The summed E-state index contributed by atoms with van der Waals surface area (Å²) in [5.74, 6) is 0. The van der Waals surface area contributed by atoms with E-state index in [0.29, 0.717) is 12.8 Å². The second-order valence-corrected chi connectivity index (χ2v) is 5.73. The Morgan fingerprint density at radius 1 is 0.727 bits per heavy atom. The third-order valence-electron chi connectivity index (χ3n) is 3.94. The highest BCUT2D eigenvalue weighted by atomic mass is 16.3. The molecule has 0 amide bonds. The fourth-order valence-electron chi connectivity index (χ4n) is 2.48. The molecule has 0 fully saturated rings. The van der Waals surface area contributed by atoms with Crippen molar-refractivity contribution in [1.82, 2.24) is 4.90 Å². The Bertz CT molecular complexity index is 480. The van der Waals surface area contributed by atoms with Gasteiger partial charge in [-0.3, -0.25) is 0 Å². The zero-order valence-electron chi connectivity index (χ0n) is 13.1. The van der Waals surface area contributed by atoms with E-state index >= 15 is 0 Å². The summed E-state index contributed by atoms with van der Waals surface area (Å²) < 4.78 is 0. The summed E-state index contributed by atoms with van der Waals surface area (Å²) in [6.45, 7) is 1.61. The maximum Gasteiger partial charge on any atom is 0.0802 e. The van der Waals surface area contributed by atoms with Gasteiger partial charge in [-0.25, -0.2) is 0 Å². The molecule has 0 radical (unpaired) electrons. The lowest BCUT2D eigenvalue weighted by atomic mass is 10.1. The summed E-state index contributed by atoms with van der Waals surface area (Å²) in [7, 11) is 2.02. The molecule has 2 N–H and O–H groups in total. The van der Waals surface area contributed by atoms with E-state index in [2.05, 4.69) is 4.90 Å². The fourth-order valence-corrected chi connectivity index (χ4v) is 2.48.